The van der Waals surface area contributed by atoms with E-state index in [4.69, 9.17) is 0 Å². The van der Waals surface area contributed by atoms with Crippen LogP contribution >= 0.6 is 11.8 Å². The number of carbonyl (C=O) groups is 1. The summed E-state index contributed by atoms with van der Waals surface area (Å²) in [6.45, 7) is 13.5. The molecule has 0 aromatic rings. The van der Waals surface area contributed by atoms with E-state index >= 15 is 0 Å². The summed E-state index contributed by atoms with van der Waals surface area (Å²) in [5, 5.41) is 0.531. The van der Waals surface area contributed by atoms with Crippen LogP contribution in [0.4, 0.5) is 0 Å². The Balaban J connectivity index is 2.32. The molecule has 0 N–H and O–H groups in total. The summed E-state index contributed by atoms with van der Waals surface area (Å²) in [6.07, 6.45) is 0.748. The Morgan fingerprint density at radius 1 is 1.07 bits per heavy atom. The first-order valence-electron chi connectivity index (χ1n) is 5.80. The van der Waals surface area contributed by atoms with E-state index in [9.17, 15) is 4.79 Å². The fourth-order valence-corrected chi connectivity index (χ4v) is 5.31. The van der Waals surface area contributed by atoms with E-state index in [-0.39, 0.29) is 15.6 Å². The van der Waals surface area contributed by atoms with E-state index in [0.717, 1.165) is 6.42 Å². The standard InChI is InChI=1S/C13H22OS/c1-11(2)7-8(14)9-10(15-11)13(5,6)12(9,3)4/h9-10H,7H2,1-6H3/t9-,10-/m1/s1. The van der Waals surface area contributed by atoms with Crippen LogP contribution in [-0.2, 0) is 4.79 Å². The fourth-order valence-electron chi connectivity index (χ4n) is 3.17. The maximum absolute atomic E-state index is 12.2. The Hall–Kier alpha value is 0.0200. The summed E-state index contributed by atoms with van der Waals surface area (Å²) in [5.74, 6) is 0.790. The molecule has 86 valence electrons. The molecular formula is C13H22OS. The molecule has 2 aliphatic rings. The second-order valence-corrected chi connectivity index (χ2v) is 8.71. The number of hydrogen-bond acceptors (Lipinski definition) is 2. The first kappa shape index (κ1) is 11.5. The third-order valence-electron chi connectivity index (χ3n) is 4.85. The predicted molar refractivity (Wildman–Crippen MR) is 66.1 cm³/mol. The number of rotatable bonds is 0. The van der Waals surface area contributed by atoms with Crippen LogP contribution in [0.3, 0.4) is 0 Å². The van der Waals surface area contributed by atoms with Gasteiger partial charge in [0.05, 0.1) is 0 Å². The highest BCUT2D eigenvalue weighted by atomic mass is 32.2. The lowest BCUT2D eigenvalue weighted by atomic mass is 9.45. The maximum atomic E-state index is 12.2. The van der Waals surface area contributed by atoms with Gasteiger partial charge in [-0.25, -0.2) is 0 Å². The van der Waals surface area contributed by atoms with Crippen molar-refractivity contribution in [2.24, 2.45) is 16.7 Å². The molecular weight excluding hydrogens is 204 g/mol. The van der Waals surface area contributed by atoms with Crippen molar-refractivity contribution >= 4 is 17.5 Å². The minimum Gasteiger partial charge on any atom is -0.299 e. The molecule has 0 radical (unpaired) electrons. The molecule has 0 spiro atoms. The SMILES string of the molecule is CC1(C)CC(=O)[C@@H]2[C@@H](S1)C(C)(C)C2(C)C. The van der Waals surface area contributed by atoms with Gasteiger partial charge in [-0.2, -0.15) is 11.8 Å². The molecule has 0 aromatic carbocycles. The molecule has 2 rings (SSSR count). The summed E-state index contributed by atoms with van der Waals surface area (Å²) in [4.78, 5) is 12.2. The first-order chi connectivity index (χ1) is 6.59. The molecule has 2 fully saturated rings. The van der Waals surface area contributed by atoms with Gasteiger partial charge in [0.15, 0.2) is 0 Å². The van der Waals surface area contributed by atoms with E-state index in [1.54, 1.807) is 0 Å². The highest BCUT2D eigenvalue weighted by Gasteiger charge is 2.67. The normalized spacial score (nSPS) is 40.5. The monoisotopic (exact) mass is 226 g/mol. The molecule has 1 nitrogen and oxygen atoms in total. The Kier molecular flexibility index (Phi) is 2.16. The van der Waals surface area contributed by atoms with Crippen molar-refractivity contribution in [1.29, 1.82) is 0 Å². The molecule has 2 heteroatoms. The van der Waals surface area contributed by atoms with E-state index in [0.29, 0.717) is 17.0 Å². The van der Waals surface area contributed by atoms with Crippen LogP contribution in [0.2, 0.25) is 0 Å². The van der Waals surface area contributed by atoms with Crippen molar-refractivity contribution in [2.45, 2.75) is 58.0 Å². The number of carbonyl (C=O) groups excluding carboxylic acids is 1. The van der Waals surface area contributed by atoms with Gasteiger partial charge in [0, 0.05) is 22.3 Å². The molecule has 1 aliphatic heterocycles. The first-order valence-corrected chi connectivity index (χ1v) is 6.68. The van der Waals surface area contributed by atoms with Crippen molar-refractivity contribution in [3.63, 3.8) is 0 Å². The highest BCUT2D eigenvalue weighted by molar-refractivity contribution is 8.01. The smallest absolute Gasteiger partial charge is 0.139 e. The van der Waals surface area contributed by atoms with Crippen LogP contribution < -0.4 is 0 Å². The van der Waals surface area contributed by atoms with Gasteiger partial charge >= 0.3 is 0 Å². The minimum absolute atomic E-state index is 0.145. The van der Waals surface area contributed by atoms with Crippen molar-refractivity contribution < 1.29 is 4.79 Å². The lowest BCUT2D eigenvalue weighted by Crippen LogP contribution is -2.67. The molecule has 1 heterocycles. The Morgan fingerprint density at radius 2 is 1.60 bits per heavy atom. The fraction of sp³-hybridized carbons (Fsp3) is 0.923. The molecule has 1 aliphatic carbocycles. The molecule has 0 bridgehead atoms. The molecule has 1 saturated heterocycles. The third kappa shape index (κ3) is 1.33. The van der Waals surface area contributed by atoms with Gasteiger partial charge in [-0.05, 0) is 10.8 Å². The zero-order valence-electron chi connectivity index (χ0n) is 10.7. The molecule has 0 unspecified atom stereocenters. The Morgan fingerprint density at radius 3 is 2.13 bits per heavy atom. The average molecular weight is 226 g/mol. The maximum Gasteiger partial charge on any atom is 0.139 e. The number of hydrogen-bond donors (Lipinski definition) is 0. The number of fused-ring (bicyclic) bond motifs is 1. The van der Waals surface area contributed by atoms with Crippen LogP contribution in [0.1, 0.15) is 48.0 Å². The predicted octanol–water partition coefficient (Wildman–Crippen LogP) is 3.52. The Labute approximate surface area is 97.4 Å². The van der Waals surface area contributed by atoms with E-state index in [1.807, 2.05) is 11.8 Å². The summed E-state index contributed by atoms with van der Waals surface area (Å²) in [6, 6.07) is 0. The van der Waals surface area contributed by atoms with E-state index in [1.165, 1.54) is 0 Å². The van der Waals surface area contributed by atoms with Crippen molar-refractivity contribution in [3.05, 3.63) is 0 Å². The van der Waals surface area contributed by atoms with Crippen LogP contribution in [0.5, 0.6) is 0 Å². The lowest BCUT2D eigenvalue weighted by Gasteiger charge is -2.67. The van der Waals surface area contributed by atoms with Crippen LogP contribution in [0, 0.1) is 16.7 Å². The van der Waals surface area contributed by atoms with Crippen LogP contribution in [0.25, 0.3) is 0 Å². The minimum atomic E-state index is 0.145. The average Bonchev–Trinajstić information content (AvgIpc) is 1.99. The summed E-state index contributed by atoms with van der Waals surface area (Å²) < 4.78 is 0.145. The van der Waals surface area contributed by atoms with Crippen molar-refractivity contribution in [1.82, 2.24) is 0 Å². The Bertz CT molecular complexity index is 314. The van der Waals surface area contributed by atoms with Crippen LogP contribution in [0.15, 0.2) is 0 Å². The highest BCUT2D eigenvalue weighted by Crippen LogP contribution is 2.68. The number of ketones is 1. The number of thioether (sulfide) groups is 1. The second-order valence-electron chi connectivity index (χ2n) is 6.86. The van der Waals surface area contributed by atoms with Gasteiger partial charge in [-0.1, -0.05) is 41.5 Å². The molecule has 2 atom stereocenters. The van der Waals surface area contributed by atoms with E-state index in [2.05, 4.69) is 41.5 Å². The zero-order valence-corrected chi connectivity index (χ0v) is 11.5. The topological polar surface area (TPSA) is 17.1 Å². The molecule has 0 amide bonds. The van der Waals surface area contributed by atoms with Gasteiger partial charge < -0.3 is 0 Å². The molecule has 15 heavy (non-hydrogen) atoms. The van der Waals surface area contributed by atoms with Gasteiger partial charge in [0.1, 0.15) is 5.78 Å². The zero-order chi connectivity index (χ0) is 11.6. The van der Waals surface area contributed by atoms with Crippen molar-refractivity contribution in [2.75, 3.05) is 0 Å². The lowest BCUT2D eigenvalue weighted by molar-refractivity contribution is -0.149. The second kappa shape index (κ2) is 2.82. The summed E-state index contributed by atoms with van der Waals surface area (Å²) >= 11 is 2.03. The largest absolute Gasteiger partial charge is 0.299 e. The van der Waals surface area contributed by atoms with Gasteiger partial charge in [0.25, 0.3) is 0 Å². The van der Waals surface area contributed by atoms with Gasteiger partial charge in [0.2, 0.25) is 0 Å². The molecule has 1 saturated carbocycles. The summed E-state index contributed by atoms with van der Waals surface area (Å²) in [7, 11) is 0. The van der Waals surface area contributed by atoms with Gasteiger partial charge in [-0.15, -0.1) is 0 Å². The van der Waals surface area contributed by atoms with E-state index < -0.39 is 0 Å². The third-order valence-corrected chi connectivity index (χ3v) is 6.74. The summed E-state index contributed by atoms with van der Waals surface area (Å²) in [5.41, 5.74) is 0.466. The van der Waals surface area contributed by atoms with Gasteiger partial charge in [-0.3, -0.25) is 4.79 Å². The van der Waals surface area contributed by atoms with Crippen LogP contribution in [-0.4, -0.2) is 15.8 Å². The number of Topliss-reactive ketones (excluding diaryl/α,β-unsaturated/α-hetero) is 1. The van der Waals surface area contributed by atoms with Crippen molar-refractivity contribution in [3.8, 4) is 0 Å². The quantitative estimate of drug-likeness (QED) is 0.628. The molecule has 0 aromatic heterocycles.